The molecule has 5 heteroatoms. The standard InChI is InChI=1S/C15H21N5/c1-11-8-14(19-18-11)15-13(16-5-6-17-15)9-12-4-3-7-20(2)10-12/h5-6,8,12H,3-4,7,9-10H2,1-2H3,(H,18,19). The molecule has 0 spiro atoms. The Labute approximate surface area is 119 Å². The lowest BCUT2D eigenvalue weighted by molar-refractivity contribution is 0.208. The lowest BCUT2D eigenvalue weighted by Gasteiger charge is -2.29. The molecule has 0 amide bonds. The predicted octanol–water partition coefficient (Wildman–Crippen LogP) is 2.06. The molecule has 1 fully saturated rings. The molecule has 1 unspecified atom stereocenters. The summed E-state index contributed by atoms with van der Waals surface area (Å²) in [5, 5.41) is 7.30. The Morgan fingerprint density at radius 3 is 2.95 bits per heavy atom. The average molecular weight is 271 g/mol. The Bertz CT molecular complexity index is 577. The molecule has 0 aromatic carbocycles. The normalized spacial score (nSPS) is 20.2. The fourth-order valence-electron chi connectivity index (χ4n) is 2.98. The zero-order chi connectivity index (χ0) is 13.9. The van der Waals surface area contributed by atoms with Crippen LogP contribution in [0.5, 0.6) is 0 Å². The number of aromatic amines is 1. The van der Waals surface area contributed by atoms with Crippen molar-refractivity contribution >= 4 is 0 Å². The van der Waals surface area contributed by atoms with Crippen LogP contribution in [0.15, 0.2) is 18.5 Å². The van der Waals surface area contributed by atoms with Gasteiger partial charge in [-0.2, -0.15) is 5.10 Å². The van der Waals surface area contributed by atoms with Crippen molar-refractivity contribution in [2.45, 2.75) is 26.2 Å². The number of aryl methyl sites for hydroxylation is 1. The first kappa shape index (κ1) is 13.2. The van der Waals surface area contributed by atoms with E-state index in [9.17, 15) is 0 Å². The Kier molecular flexibility index (Phi) is 3.78. The Morgan fingerprint density at radius 1 is 1.35 bits per heavy atom. The van der Waals surface area contributed by atoms with Gasteiger partial charge in [-0.1, -0.05) is 0 Å². The van der Waals surface area contributed by atoms with Gasteiger partial charge in [0, 0.05) is 24.6 Å². The highest BCUT2D eigenvalue weighted by molar-refractivity contribution is 5.56. The van der Waals surface area contributed by atoms with E-state index in [0.717, 1.165) is 35.7 Å². The number of aromatic nitrogens is 4. The van der Waals surface area contributed by atoms with Crippen LogP contribution in [-0.2, 0) is 6.42 Å². The van der Waals surface area contributed by atoms with Crippen molar-refractivity contribution in [1.29, 1.82) is 0 Å². The van der Waals surface area contributed by atoms with Crippen molar-refractivity contribution in [2.24, 2.45) is 5.92 Å². The van der Waals surface area contributed by atoms with E-state index in [-0.39, 0.29) is 0 Å². The van der Waals surface area contributed by atoms with E-state index in [1.807, 2.05) is 13.0 Å². The number of hydrogen-bond donors (Lipinski definition) is 1. The van der Waals surface area contributed by atoms with E-state index < -0.39 is 0 Å². The van der Waals surface area contributed by atoms with Gasteiger partial charge in [-0.05, 0) is 51.8 Å². The maximum atomic E-state index is 4.55. The highest BCUT2D eigenvalue weighted by atomic mass is 15.1. The van der Waals surface area contributed by atoms with Crippen LogP contribution in [0.4, 0.5) is 0 Å². The largest absolute Gasteiger partial charge is 0.306 e. The second kappa shape index (κ2) is 5.71. The molecule has 2 aromatic rings. The molecule has 1 N–H and O–H groups in total. The quantitative estimate of drug-likeness (QED) is 0.928. The highest BCUT2D eigenvalue weighted by Crippen LogP contribution is 2.24. The molecule has 2 aromatic heterocycles. The number of piperidine rings is 1. The summed E-state index contributed by atoms with van der Waals surface area (Å²) in [7, 11) is 2.20. The Morgan fingerprint density at radius 2 is 2.20 bits per heavy atom. The Balaban J connectivity index is 1.83. The molecule has 3 rings (SSSR count). The van der Waals surface area contributed by atoms with Gasteiger partial charge < -0.3 is 4.90 Å². The van der Waals surface area contributed by atoms with Crippen LogP contribution in [0.2, 0.25) is 0 Å². The van der Waals surface area contributed by atoms with Crippen LogP contribution in [0.1, 0.15) is 24.2 Å². The molecule has 106 valence electrons. The minimum Gasteiger partial charge on any atom is -0.306 e. The van der Waals surface area contributed by atoms with E-state index in [0.29, 0.717) is 5.92 Å². The molecular formula is C15H21N5. The smallest absolute Gasteiger partial charge is 0.113 e. The predicted molar refractivity (Wildman–Crippen MR) is 78.3 cm³/mol. The molecule has 3 heterocycles. The molecule has 0 aliphatic carbocycles. The average Bonchev–Trinajstić information content (AvgIpc) is 2.86. The number of rotatable bonds is 3. The van der Waals surface area contributed by atoms with E-state index >= 15 is 0 Å². The van der Waals surface area contributed by atoms with Crippen LogP contribution in [0.25, 0.3) is 11.4 Å². The van der Waals surface area contributed by atoms with Crippen molar-refractivity contribution in [3.05, 3.63) is 29.8 Å². The van der Waals surface area contributed by atoms with E-state index in [4.69, 9.17) is 0 Å². The molecular weight excluding hydrogens is 250 g/mol. The molecule has 1 atom stereocenters. The first-order chi connectivity index (χ1) is 9.72. The lowest BCUT2D eigenvalue weighted by atomic mass is 9.92. The fourth-order valence-corrected chi connectivity index (χ4v) is 2.98. The van der Waals surface area contributed by atoms with Crippen molar-refractivity contribution in [3.63, 3.8) is 0 Å². The van der Waals surface area contributed by atoms with E-state index in [2.05, 4.69) is 32.1 Å². The van der Waals surface area contributed by atoms with Gasteiger partial charge in [0.05, 0.1) is 5.69 Å². The van der Waals surface area contributed by atoms with Crippen LogP contribution >= 0.6 is 0 Å². The van der Waals surface area contributed by atoms with E-state index in [1.165, 1.54) is 19.4 Å². The summed E-state index contributed by atoms with van der Waals surface area (Å²) < 4.78 is 0. The number of likely N-dealkylation sites (tertiary alicyclic amines) is 1. The third kappa shape index (κ3) is 2.88. The highest BCUT2D eigenvalue weighted by Gasteiger charge is 2.20. The van der Waals surface area contributed by atoms with Crippen molar-refractivity contribution in [2.75, 3.05) is 20.1 Å². The van der Waals surface area contributed by atoms with Gasteiger partial charge in [0.25, 0.3) is 0 Å². The SMILES string of the molecule is Cc1cc(-c2nccnc2CC2CCCN(C)C2)n[nH]1. The van der Waals surface area contributed by atoms with Gasteiger partial charge in [-0.25, -0.2) is 0 Å². The van der Waals surface area contributed by atoms with Gasteiger partial charge >= 0.3 is 0 Å². The second-order valence-electron chi connectivity index (χ2n) is 5.76. The first-order valence-electron chi connectivity index (χ1n) is 7.23. The number of nitrogens with one attached hydrogen (secondary N) is 1. The zero-order valence-electron chi connectivity index (χ0n) is 12.1. The van der Waals surface area contributed by atoms with Crippen molar-refractivity contribution < 1.29 is 0 Å². The molecule has 0 radical (unpaired) electrons. The fraction of sp³-hybridized carbons (Fsp3) is 0.533. The van der Waals surface area contributed by atoms with Crippen molar-refractivity contribution in [1.82, 2.24) is 25.1 Å². The van der Waals surface area contributed by atoms with E-state index in [1.54, 1.807) is 12.4 Å². The number of hydrogen-bond acceptors (Lipinski definition) is 4. The van der Waals surface area contributed by atoms with Crippen LogP contribution in [0, 0.1) is 12.8 Å². The summed E-state index contributed by atoms with van der Waals surface area (Å²) >= 11 is 0. The summed E-state index contributed by atoms with van der Waals surface area (Å²) in [5.41, 5.74) is 3.94. The summed E-state index contributed by atoms with van der Waals surface area (Å²) in [6.07, 6.45) is 7.07. The number of H-pyrrole nitrogens is 1. The monoisotopic (exact) mass is 271 g/mol. The van der Waals surface area contributed by atoms with Crippen LogP contribution in [-0.4, -0.2) is 45.2 Å². The van der Waals surface area contributed by atoms with Gasteiger partial charge in [0.1, 0.15) is 11.4 Å². The summed E-state index contributed by atoms with van der Waals surface area (Å²) in [6.45, 7) is 4.36. The summed E-state index contributed by atoms with van der Waals surface area (Å²) in [5.74, 6) is 0.671. The molecule has 5 nitrogen and oxygen atoms in total. The van der Waals surface area contributed by atoms with Gasteiger partial charge in [-0.15, -0.1) is 0 Å². The van der Waals surface area contributed by atoms with Gasteiger partial charge in [0.2, 0.25) is 0 Å². The van der Waals surface area contributed by atoms with Gasteiger partial charge in [0.15, 0.2) is 0 Å². The summed E-state index contributed by atoms with van der Waals surface area (Å²) in [6, 6.07) is 2.03. The zero-order valence-corrected chi connectivity index (χ0v) is 12.1. The maximum Gasteiger partial charge on any atom is 0.113 e. The van der Waals surface area contributed by atoms with Crippen LogP contribution in [0.3, 0.4) is 0 Å². The van der Waals surface area contributed by atoms with Crippen LogP contribution < -0.4 is 0 Å². The minimum absolute atomic E-state index is 0.671. The third-order valence-electron chi connectivity index (χ3n) is 3.93. The molecule has 20 heavy (non-hydrogen) atoms. The molecule has 1 aliphatic heterocycles. The minimum atomic E-state index is 0.671. The molecule has 1 saturated heterocycles. The maximum absolute atomic E-state index is 4.55. The second-order valence-corrected chi connectivity index (χ2v) is 5.76. The topological polar surface area (TPSA) is 57.7 Å². The first-order valence-corrected chi connectivity index (χ1v) is 7.23. The molecule has 1 aliphatic rings. The number of nitrogens with zero attached hydrogens (tertiary/aromatic N) is 4. The van der Waals surface area contributed by atoms with Gasteiger partial charge in [-0.3, -0.25) is 15.1 Å². The lowest BCUT2D eigenvalue weighted by Crippen LogP contribution is -2.33. The van der Waals surface area contributed by atoms with Crippen molar-refractivity contribution in [3.8, 4) is 11.4 Å². The molecule has 0 saturated carbocycles. The molecule has 0 bridgehead atoms. The summed E-state index contributed by atoms with van der Waals surface area (Å²) in [4.78, 5) is 11.4. The Hall–Kier alpha value is -1.75. The third-order valence-corrected chi connectivity index (χ3v) is 3.93.